The molecule has 0 saturated heterocycles. The van der Waals surface area contributed by atoms with Gasteiger partial charge in [0.05, 0.1) is 5.60 Å². The minimum atomic E-state index is -1.43. The van der Waals surface area contributed by atoms with Crippen molar-refractivity contribution < 1.29 is 39.5 Å². The Hall–Kier alpha value is -4.73. The zero-order valence-corrected chi connectivity index (χ0v) is 30.1. The first-order valence-electron chi connectivity index (χ1n) is 16.3. The number of carbonyl (C=O) groups is 3. The molecule has 0 heterocycles. The van der Waals surface area contributed by atoms with Crippen molar-refractivity contribution in [2.45, 2.75) is 84.2 Å². The van der Waals surface area contributed by atoms with Crippen molar-refractivity contribution in [2.75, 3.05) is 0 Å². The molecule has 0 radical (unpaired) electrons. The van der Waals surface area contributed by atoms with Gasteiger partial charge in [0, 0.05) is 16.7 Å². The summed E-state index contributed by atoms with van der Waals surface area (Å²) in [6.45, 7) is 16.1. The van der Waals surface area contributed by atoms with E-state index in [1.807, 2.05) is 36.4 Å². The Bertz CT molecular complexity index is 1520. The highest BCUT2D eigenvalue weighted by Gasteiger charge is 2.27. The Balaban J connectivity index is 0.000000270. The van der Waals surface area contributed by atoms with E-state index in [9.17, 15) is 34.8 Å². The third-order valence-electron chi connectivity index (χ3n) is 7.80. The molecule has 8 nitrogen and oxygen atoms in total. The van der Waals surface area contributed by atoms with Crippen molar-refractivity contribution in [1.29, 1.82) is 0 Å². The van der Waals surface area contributed by atoms with Crippen LogP contribution >= 0.6 is 0 Å². The fraction of sp³-hybridized carbons (Fsp3) is 0.310. The molecule has 0 fully saturated rings. The number of Topliss-reactive ketones (excluding diaryl/α,β-unsaturated/α-hetero) is 3. The largest absolute Gasteiger partial charge is 0.457 e. The maximum absolute atomic E-state index is 12.0. The quantitative estimate of drug-likeness (QED) is 0.114. The Labute approximate surface area is 294 Å². The van der Waals surface area contributed by atoms with Gasteiger partial charge in [0.1, 0.15) is 28.3 Å². The average Bonchev–Trinajstić information content (AvgIpc) is 3.03. The van der Waals surface area contributed by atoms with Crippen molar-refractivity contribution in [3.05, 3.63) is 137 Å². The molecular weight excluding hydrogens is 632 g/mol. The zero-order valence-electron chi connectivity index (χ0n) is 30.1. The van der Waals surface area contributed by atoms with Crippen LogP contribution in [0.1, 0.15) is 103 Å². The lowest BCUT2D eigenvalue weighted by Crippen LogP contribution is -2.31. The summed E-state index contributed by atoms with van der Waals surface area (Å²) in [5, 5.41) is 39.3. The van der Waals surface area contributed by atoms with Crippen molar-refractivity contribution in [3.63, 3.8) is 0 Å². The summed E-state index contributed by atoms with van der Waals surface area (Å²) in [5.41, 5.74) is -0.0303. The normalized spacial score (nSPS) is 12.0. The van der Waals surface area contributed by atoms with Gasteiger partial charge in [-0.05, 0) is 133 Å². The Morgan fingerprint density at radius 1 is 0.460 bits per heavy atom. The van der Waals surface area contributed by atoms with E-state index in [0.29, 0.717) is 33.8 Å². The monoisotopic (exact) mass is 680 g/mol. The third kappa shape index (κ3) is 11.1. The van der Waals surface area contributed by atoms with Crippen LogP contribution in [0.3, 0.4) is 0 Å². The number of benzene rings is 4. The topological polar surface area (TPSA) is 141 Å². The first-order valence-corrected chi connectivity index (χ1v) is 16.3. The summed E-state index contributed by atoms with van der Waals surface area (Å²) in [5.74, 6) is 0.0262. The number of rotatable bonds is 12. The van der Waals surface area contributed by atoms with Crippen LogP contribution in [0.15, 0.2) is 104 Å². The Morgan fingerprint density at radius 2 is 0.720 bits per heavy atom. The van der Waals surface area contributed by atoms with E-state index < -0.39 is 22.4 Å². The van der Waals surface area contributed by atoms with E-state index in [1.54, 1.807) is 74.5 Å². The lowest BCUT2D eigenvalue weighted by Gasteiger charge is -2.21. The molecule has 0 aromatic heterocycles. The van der Waals surface area contributed by atoms with Crippen LogP contribution in [0.4, 0.5) is 0 Å². The van der Waals surface area contributed by atoms with Crippen LogP contribution in [0, 0.1) is 0 Å². The molecule has 0 atom stereocenters. The average molecular weight is 681 g/mol. The maximum atomic E-state index is 12.0. The zero-order chi connectivity index (χ0) is 37.7. The lowest BCUT2D eigenvalue weighted by molar-refractivity contribution is 0.0487. The number of ketones is 3. The van der Waals surface area contributed by atoms with Crippen molar-refractivity contribution in [1.82, 2.24) is 0 Å². The summed E-state index contributed by atoms with van der Waals surface area (Å²) in [7, 11) is 0. The number of ether oxygens (including phenoxy) is 1. The molecule has 0 bridgehead atoms. The summed E-state index contributed by atoms with van der Waals surface area (Å²) >= 11 is 0. The number of carbonyl (C=O) groups excluding carboxylic acids is 3. The molecule has 4 N–H and O–H groups in total. The lowest BCUT2D eigenvalue weighted by atomic mass is 9.91. The van der Waals surface area contributed by atoms with Gasteiger partial charge < -0.3 is 25.2 Å². The molecule has 0 amide bonds. The summed E-state index contributed by atoms with van der Waals surface area (Å²) < 4.78 is 5.67. The molecule has 0 saturated carbocycles. The fourth-order valence-electron chi connectivity index (χ4n) is 4.73. The Morgan fingerprint density at radius 3 is 0.980 bits per heavy atom. The SMILES string of the molecule is C=C(c1ccc(Cc2ccc(C(=O)C(C)(C)O)cc2)cc1)C(C)(C)O.CC(C)(O)C(=O)c1ccc(Oc2ccc(C(=O)C(C)(C)O)cc2)cc1. The predicted octanol–water partition coefficient (Wildman–Crippen LogP) is 7.40. The van der Waals surface area contributed by atoms with Gasteiger partial charge in [-0.1, -0.05) is 55.1 Å². The molecule has 0 aliphatic rings. The molecular formula is C42H48O8. The minimum Gasteiger partial charge on any atom is -0.457 e. The summed E-state index contributed by atoms with van der Waals surface area (Å²) in [6.07, 6.45) is 0.742. The van der Waals surface area contributed by atoms with Crippen LogP contribution in [0.2, 0.25) is 0 Å². The molecule has 4 aromatic carbocycles. The van der Waals surface area contributed by atoms with Gasteiger partial charge in [0.15, 0.2) is 17.3 Å². The van der Waals surface area contributed by atoms with Crippen LogP contribution < -0.4 is 4.74 Å². The van der Waals surface area contributed by atoms with Gasteiger partial charge in [-0.25, -0.2) is 0 Å². The van der Waals surface area contributed by atoms with E-state index in [1.165, 1.54) is 41.5 Å². The summed E-state index contributed by atoms with van der Waals surface area (Å²) in [4.78, 5) is 36.0. The third-order valence-corrected chi connectivity index (χ3v) is 7.80. The van der Waals surface area contributed by atoms with E-state index in [0.717, 1.165) is 23.1 Å². The second kappa shape index (κ2) is 15.4. The number of hydrogen-bond acceptors (Lipinski definition) is 8. The van der Waals surface area contributed by atoms with Gasteiger partial charge >= 0.3 is 0 Å². The van der Waals surface area contributed by atoms with Gasteiger partial charge in [-0.15, -0.1) is 0 Å². The number of hydrogen-bond donors (Lipinski definition) is 4. The van der Waals surface area contributed by atoms with Gasteiger partial charge in [-0.2, -0.15) is 0 Å². The predicted molar refractivity (Wildman–Crippen MR) is 196 cm³/mol. The molecule has 0 unspecified atom stereocenters. The molecule has 4 aromatic rings. The highest BCUT2D eigenvalue weighted by Crippen LogP contribution is 2.26. The van der Waals surface area contributed by atoms with Crippen LogP contribution in [-0.4, -0.2) is 60.2 Å². The van der Waals surface area contributed by atoms with Crippen LogP contribution in [0.25, 0.3) is 5.57 Å². The molecule has 50 heavy (non-hydrogen) atoms. The number of aliphatic hydroxyl groups is 4. The molecule has 264 valence electrons. The Kier molecular flexibility index (Phi) is 12.3. The van der Waals surface area contributed by atoms with Crippen molar-refractivity contribution in [2.24, 2.45) is 0 Å². The van der Waals surface area contributed by atoms with Crippen LogP contribution in [0.5, 0.6) is 11.5 Å². The first kappa shape index (κ1) is 39.7. The van der Waals surface area contributed by atoms with E-state index in [-0.39, 0.29) is 17.3 Å². The van der Waals surface area contributed by atoms with Gasteiger partial charge in [0.25, 0.3) is 0 Å². The highest BCUT2D eigenvalue weighted by atomic mass is 16.5. The summed E-state index contributed by atoms with van der Waals surface area (Å²) in [6, 6.07) is 28.1. The first-order chi connectivity index (χ1) is 23.0. The smallest absolute Gasteiger partial charge is 0.193 e. The van der Waals surface area contributed by atoms with E-state index in [2.05, 4.69) is 6.58 Å². The van der Waals surface area contributed by atoms with Crippen LogP contribution in [-0.2, 0) is 6.42 Å². The van der Waals surface area contributed by atoms with Gasteiger partial charge in [0.2, 0.25) is 0 Å². The fourth-order valence-corrected chi connectivity index (χ4v) is 4.73. The maximum Gasteiger partial charge on any atom is 0.193 e. The van der Waals surface area contributed by atoms with Gasteiger partial charge in [-0.3, -0.25) is 14.4 Å². The molecule has 0 aliphatic carbocycles. The van der Waals surface area contributed by atoms with E-state index in [4.69, 9.17) is 4.74 Å². The van der Waals surface area contributed by atoms with Crippen molar-refractivity contribution in [3.8, 4) is 11.5 Å². The second-order valence-corrected chi connectivity index (χ2v) is 14.4. The minimum absolute atomic E-state index is 0.284. The molecule has 4 rings (SSSR count). The van der Waals surface area contributed by atoms with E-state index >= 15 is 0 Å². The van der Waals surface area contributed by atoms with Crippen molar-refractivity contribution >= 4 is 22.9 Å². The second-order valence-electron chi connectivity index (χ2n) is 14.4. The molecule has 8 heteroatoms. The highest BCUT2D eigenvalue weighted by molar-refractivity contribution is 6.02. The standard InChI is InChI=1S/C22H26O3.C20H22O5/c1-15(21(2,3)24)18-10-6-16(7-11-18)14-17-8-12-19(13-9-17)20(23)22(4,5)25;1-19(2,23)17(21)13-5-9-15(10-6-13)25-16-11-7-14(8-12-16)18(22)20(3,4)24/h6-13,24-25H,1,14H2,2-5H3;5-12,23-24H,1-4H3. The molecule has 0 aliphatic heterocycles. The molecule has 0 spiro atoms.